The van der Waals surface area contributed by atoms with Crippen LogP contribution in [-0.2, 0) is 11.3 Å². The van der Waals surface area contributed by atoms with Crippen LogP contribution < -0.4 is 5.32 Å². The summed E-state index contributed by atoms with van der Waals surface area (Å²) in [5.74, 6) is 0.0261. The fourth-order valence-electron chi connectivity index (χ4n) is 3.32. The van der Waals surface area contributed by atoms with Crippen LogP contribution in [0.1, 0.15) is 24.1 Å². The van der Waals surface area contributed by atoms with E-state index in [0.29, 0.717) is 26.2 Å². The van der Waals surface area contributed by atoms with Gasteiger partial charge in [0.1, 0.15) is 0 Å². The molecule has 3 heterocycles. The number of nitrogens with one attached hydrogen (secondary N) is 1. The van der Waals surface area contributed by atoms with Gasteiger partial charge in [0.2, 0.25) is 0 Å². The minimum absolute atomic E-state index is 0.0261. The SMILES string of the molecule is O=C(NCc1ccc(Cl)s1)N1CCC[C@@H]1[C@H]1COCC[C@@H]1O. The van der Waals surface area contributed by atoms with Crippen LogP contribution in [0.4, 0.5) is 4.79 Å². The Hall–Kier alpha value is -0.820. The number of hydrogen-bond acceptors (Lipinski definition) is 4. The number of ether oxygens (including phenoxy) is 1. The predicted octanol–water partition coefficient (Wildman–Crippen LogP) is 2.47. The number of halogens is 1. The molecule has 2 aliphatic rings. The molecule has 7 heteroatoms. The van der Waals surface area contributed by atoms with Gasteiger partial charge in [0.25, 0.3) is 0 Å². The zero-order valence-corrected chi connectivity index (χ0v) is 13.9. The highest BCUT2D eigenvalue weighted by molar-refractivity contribution is 7.16. The monoisotopic (exact) mass is 344 g/mol. The number of carbonyl (C=O) groups excluding carboxylic acids is 1. The van der Waals surface area contributed by atoms with Gasteiger partial charge in [-0.05, 0) is 31.4 Å². The second-order valence-corrected chi connectivity index (χ2v) is 7.66. The number of urea groups is 1. The van der Waals surface area contributed by atoms with Crippen molar-refractivity contribution in [1.29, 1.82) is 0 Å². The maximum absolute atomic E-state index is 12.4. The van der Waals surface area contributed by atoms with Crippen molar-refractivity contribution in [3.63, 3.8) is 0 Å². The molecule has 0 spiro atoms. The topological polar surface area (TPSA) is 61.8 Å². The van der Waals surface area contributed by atoms with Crippen LogP contribution in [0.2, 0.25) is 4.34 Å². The fourth-order valence-corrected chi connectivity index (χ4v) is 4.34. The number of hydrogen-bond donors (Lipinski definition) is 2. The summed E-state index contributed by atoms with van der Waals surface area (Å²) in [6, 6.07) is 3.77. The van der Waals surface area contributed by atoms with Crippen LogP contribution in [-0.4, -0.2) is 47.9 Å². The van der Waals surface area contributed by atoms with Gasteiger partial charge in [-0.3, -0.25) is 0 Å². The summed E-state index contributed by atoms with van der Waals surface area (Å²) in [7, 11) is 0. The lowest BCUT2D eigenvalue weighted by Gasteiger charge is -2.36. The van der Waals surface area contributed by atoms with E-state index in [1.807, 2.05) is 17.0 Å². The average Bonchev–Trinajstić information content (AvgIpc) is 3.14. The van der Waals surface area contributed by atoms with Crippen molar-refractivity contribution in [2.75, 3.05) is 19.8 Å². The molecule has 3 atom stereocenters. The molecule has 2 fully saturated rings. The van der Waals surface area contributed by atoms with E-state index in [1.54, 1.807) is 0 Å². The Labute approximate surface area is 139 Å². The number of nitrogens with zero attached hydrogens (tertiary/aromatic N) is 1. The Morgan fingerprint density at radius 2 is 2.36 bits per heavy atom. The van der Waals surface area contributed by atoms with Crippen molar-refractivity contribution in [2.45, 2.75) is 38.0 Å². The lowest BCUT2D eigenvalue weighted by Crippen LogP contribution is -2.50. The third kappa shape index (κ3) is 3.56. The van der Waals surface area contributed by atoms with Gasteiger partial charge in [0.15, 0.2) is 0 Å². The largest absolute Gasteiger partial charge is 0.393 e. The van der Waals surface area contributed by atoms with Crippen molar-refractivity contribution >= 4 is 29.0 Å². The van der Waals surface area contributed by atoms with Gasteiger partial charge in [-0.2, -0.15) is 0 Å². The van der Waals surface area contributed by atoms with E-state index in [0.717, 1.165) is 28.6 Å². The predicted molar refractivity (Wildman–Crippen MR) is 86.2 cm³/mol. The zero-order valence-electron chi connectivity index (χ0n) is 12.3. The standard InChI is InChI=1S/C15H21ClN2O3S/c16-14-4-3-10(22-14)8-17-15(20)18-6-1-2-12(18)11-9-21-7-5-13(11)19/h3-4,11-13,19H,1-2,5-9H2,(H,17,20)/t11-,12-,13+/m1/s1. The van der Waals surface area contributed by atoms with E-state index < -0.39 is 0 Å². The third-order valence-electron chi connectivity index (χ3n) is 4.46. The van der Waals surface area contributed by atoms with Gasteiger partial charge < -0.3 is 20.1 Å². The highest BCUT2D eigenvalue weighted by atomic mass is 35.5. The molecule has 0 aromatic carbocycles. The average molecular weight is 345 g/mol. The molecule has 2 aliphatic heterocycles. The van der Waals surface area contributed by atoms with E-state index in [4.69, 9.17) is 16.3 Å². The van der Waals surface area contributed by atoms with Gasteiger partial charge in [-0.15, -0.1) is 11.3 Å². The minimum Gasteiger partial charge on any atom is -0.393 e. The molecule has 3 rings (SSSR count). The normalized spacial score (nSPS) is 28.8. The van der Waals surface area contributed by atoms with Crippen LogP contribution in [0.15, 0.2) is 12.1 Å². The first kappa shape index (κ1) is 16.1. The molecular weight excluding hydrogens is 324 g/mol. The van der Waals surface area contributed by atoms with E-state index in [1.165, 1.54) is 11.3 Å². The van der Waals surface area contributed by atoms with Crippen molar-refractivity contribution in [1.82, 2.24) is 10.2 Å². The molecule has 2 N–H and O–H groups in total. The molecular formula is C15H21ClN2O3S. The number of carbonyl (C=O) groups is 1. The Balaban J connectivity index is 1.58. The van der Waals surface area contributed by atoms with Gasteiger partial charge in [0, 0.05) is 30.0 Å². The molecule has 1 aromatic heterocycles. The lowest BCUT2D eigenvalue weighted by molar-refractivity contribution is -0.0576. The molecule has 0 saturated carbocycles. The Bertz CT molecular complexity index is 525. The van der Waals surface area contributed by atoms with Crippen LogP contribution in [0.5, 0.6) is 0 Å². The molecule has 0 radical (unpaired) electrons. The first-order valence-electron chi connectivity index (χ1n) is 7.69. The Kier molecular flexibility index (Phi) is 5.23. The molecule has 22 heavy (non-hydrogen) atoms. The van der Waals surface area contributed by atoms with Crippen LogP contribution >= 0.6 is 22.9 Å². The Morgan fingerprint density at radius 3 is 3.09 bits per heavy atom. The van der Waals surface area contributed by atoms with E-state index in [2.05, 4.69) is 5.32 Å². The molecule has 122 valence electrons. The van der Waals surface area contributed by atoms with Gasteiger partial charge in [-0.25, -0.2) is 4.79 Å². The number of likely N-dealkylation sites (tertiary alicyclic amines) is 1. The number of thiophene rings is 1. The molecule has 2 saturated heterocycles. The number of rotatable bonds is 3. The van der Waals surface area contributed by atoms with Crippen molar-refractivity contribution in [3.05, 3.63) is 21.3 Å². The number of aliphatic hydroxyl groups excluding tert-OH is 1. The third-order valence-corrected chi connectivity index (χ3v) is 5.69. The minimum atomic E-state index is -0.372. The molecule has 0 unspecified atom stereocenters. The maximum atomic E-state index is 12.4. The fraction of sp³-hybridized carbons (Fsp3) is 0.667. The molecule has 0 bridgehead atoms. The summed E-state index contributed by atoms with van der Waals surface area (Å²) in [6.45, 7) is 2.37. The van der Waals surface area contributed by atoms with Crippen molar-refractivity contribution < 1.29 is 14.6 Å². The van der Waals surface area contributed by atoms with E-state index >= 15 is 0 Å². The van der Waals surface area contributed by atoms with Crippen LogP contribution in [0.25, 0.3) is 0 Å². The summed E-state index contributed by atoms with van der Waals surface area (Å²) in [5, 5.41) is 13.1. The van der Waals surface area contributed by atoms with Gasteiger partial charge >= 0.3 is 6.03 Å². The van der Waals surface area contributed by atoms with Gasteiger partial charge in [-0.1, -0.05) is 11.6 Å². The van der Waals surface area contributed by atoms with Crippen molar-refractivity contribution in [2.24, 2.45) is 5.92 Å². The second-order valence-electron chi connectivity index (χ2n) is 5.86. The summed E-state index contributed by atoms with van der Waals surface area (Å²) >= 11 is 7.37. The first-order valence-corrected chi connectivity index (χ1v) is 8.89. The molecule has 1 aromatic rings. The smallest absolute Gasteiger partial charge is 0.317 e. The zero-order chi connectivity index (χ0) is 15.5. The summed E-state index contributed by atoms with van der Waals surface area (Å²) in [4.78, 5) is 15.3. The highest BCUT2D eigenvalue weighted by Crippen LogP contribution is 2.30. The van der Waals surface area contributed by atoms with Crippen LogP contribution in [0.3, 0.4) is 0 Å². The number of amides is 2. The summed E-state index contributed by atoms with van der Waals surface area (Å²) < 4.78 is 6.22. The second kappa shape index (κ2) is 7.17. The van der Waals surface area contributed by atoms with Crippen molar-refractivity contribution in [3.8, 4) is 0 Å². The highest BCUT2D eigenvalue weighted by Gasteiger charge is 2.39. The molecule has 2 amide bonds. The molecule has 5 nitrogen and oxygen atoms in total. The first-order chi connectivity index (χ1) is 10.6. The quantitative estimate of drug-likeness (QED) is 0.885. The summed E-state index contributed by atoms with van der Waals surface area (Å²) in [5.41, 5.74) is 0. The maximum Gasteiger partial charge on any atom is 0.317 e. The van der Waals surface area contributed by atoms with Gasteiger partial charge in [0.05, 0.1) is 23.6 Å². The Morgan fingerprint density at radius 1 is 1.50 bits per heavy atom. The van der Waals surface area contributed by atoms with Crippen LogP contribution in [0, 0.1) is 5.92 Å². The lowest BCUT2D eigenvalue weighted by atomic mass is 9.89. The molecule has 0 aliphatic carbocycles. The van der Waals surface area contributed by atoms with E-state index in [-0.39, 0.29) is 24.1 Å². The summed E-state index contributed by atoms with van der Waals surface area (Å²) in [6.07, 6.45) is 2.20. The number of aliphatic hydroxyl groups is 1. The van der Waals surface area contributed by atoms with E-state index in [9.17, 15) is 9.90 Å².